The topological polar surface area (TPSA) is 72.3 Å². The summed E-state index contributed by atoms with van der Waals surface area (Å²) in [5.74, 6) is 0.461. The zero-order valence-electron chi connectivity index (χ0n) is 12.4. The molecule has 1 aromatic carbocycles. The van der Waals surface area contributed by atoms with E-state index in [9.17, 15) is 4.79 Å². The van der Waals surface area contributed by atoms with Gasteiger partial charge in [-0.1, -0.05) is 13.3 Å². The average Bonchev–Trinajstić information content (AvgIpc) is 2.47. The molecule has 4 nitrogen and oxygen atoms in total. The van der Waals surface area contributed by atoms with Gasteiger partial charge in [0.1, 0.15) is 0 Å². The van der Waals surface area contributed by atoms with Gasteiger partial charge in [0.25, 0.3) is 0 Å². The van der Waals surface area contributed by atoms with E-state index in [1.165, 1.54) is 32.1 Å². The van der Waals surface area contributed by atoms with Crippen molar-refractivity contribution >= 4 is 17.3 Å². The molecule has 1 aliphatic carbocycles. The standard InChI is InChI=1S/C16H25N3O/c1-3-11-4-7-13(8-5-11)19(2)15-10-12(16(18)20)6-9-14(15)17/h6,9-11,13H,3-5,7-8,17H2,1-2H3,(H2,18,20). The Morgan fingerprint density at radius 3 is 2.50 bits per heavy atom. The van der Waals surface area contributed by atoms with Crippen LogP contribution in [-0.2, 0) is 0 Å². The van der Waals surface area contributed by atoms with Crippen LogP contribution >= 0.6 is 0 Å². The minimum Gasteiger partial charge on any atom is -0.397 e. The van der Waals surface area contributed by atoms with Gasteiger partial charge in [0.2, 0.25) is 5.91 Å². The van der Waals surface area contributed by atoms with E-state index in [-0.39, 0.29) is 0 Å². The Hall–Kier alpha value is -1.71. The Bertz CT molecular complexity index is 479. The molecule has 0 spiro atoms. The van der Waals surface area contributed by atoms with E-state index in [0.29, 0.717) is 17.3 Å². The van der Waals surface area contributed by atoms with Gasteiger partial charge in [-0.25, -0.2) is 0 Å². The molecule has 0 atom stereocenters. The Morgan fingerprint density at radius 1 is 1.30 bits per heavy atom. The molecule has 4 heteroatoms. The molecule has 0 unspecified atom stereocenters. The van der Waals surface area contributed by atoms with Crippen molar-refractivity contribution in [3.8, 4) is 0 Å². The van der Waals surface area contributed by atoms with E-state index in [1.54, 1.807) is 12.1 Å². The van der Waals surface area contributed by atoms with Gasteiger partial charge in [-0.15, -0.1) is 0 Å². The minimum atomic E-state index is -0.408. The molecule has 0 bridgehead atoms. The number of nitrogen functional groups attached to an aromatic ring is 1. The van der Waals surface area contributed by atoms with Gasteiger partial charge in [0.15, 0.2) is 0 Å². The monoisotopic (exact) mass is 275 g/mol. The van der Waals surface area contributed by atoms with Crippen molar-refractivity contribution in [2.45, 2.75) is 45.1 Å². The molecule has 1 amide bonds. The number of carbonyl (C=O) groups excluding carboxylic acids is 1. The smallest absolute Gasteiger partial charge is 0.248 e. The predicted molar refractivity (Wildman–Crippen MR) is 83.8 cm³/mol. The summed E-state index contributed by atoms with van der Waals surface area (Å²) in [6.07, 6.45) is 6.21. The zero-order valence-corrected chi connectivity index (χ0v) is 12.4. The van der Waals surface area contributed by atoms with Crippen LogP contribution in [0.15, 0.2) is 18.2 Å². The molecular formula is C16H25N3O. The third kappa shape index (κ3) is 3.06. The van der Waals surface area contributed by atoms with Crippen molar-refractivity contribution in [3.05, 3.63) is 23.8 Å². The lowest BCUT2D eigenvalue weighted by atomic mass is 9.84. The maximum atomic E-state index is 11.3. The average molecular weight is 275 g/mol. The van der Waals surface area contributed by atoms with E-state index in [1.807, 2.05) is 6.07 Å². The number of nitrogens with zero attached hydrogens (tertiary/aromatic N) is 1. The number of rotatable bonds is 4. The van der Waals surface area contributed by atoms with Crippen LogP contribution in [0.1, 0.15) is 49.4 Å². The zero-order chi connectivity index (χ0) is 14.7. The van der Waals surface area contributed by atoms with Gasteiger partial charge < -0.3 is 16.4 Å². The van der Waals surface area contributed by atoms with Crippen molar-refractivity contribution in [2.75, 3.05) is 17.7 Å². The van der Waals surface area contributed by atoms with Gasteiger partial charge in [0.05, 0.1) is 11.4 Å². The number of amides is 1. The van der Waals surface area contributed by atoms with Gasteiger partial charge in [-0.05, 0) is 49.8 Å². The van der Waals surface area contributed by atoms with Crippen LogP contribution in [0.3, 0.4) is 0 Å². The molecule has 1 fully saturated rings. The van der Waals surface area contributed by atoms with Crippen LogP contribution in [0.2, 0.25) is 0 Å². The fourth-order valence-corrected chi connectivity index (χ4v) is 3.14. The summed E-state index contributed by atoms with van der Waals surface area (Å²) in [7, 11) is 2.06. The highest BCUT2D eigenvalue weighted by Crippen LogP contribution is 2.33. The van der Waals surface area contributed by atoms with Gasteiger partial charge in [0, 0.05) is 18.7 Å². The highest BCUT2D eigenvalue weighted by Gasteiger charge is 2.24. The lowest BCUT2D eigenvalue weighted by Gasteiger charge is -2.36. The second kappa shape index (κ2) is 6.16. The van der Waals surface area contributed by atoms with E-state index < -0.39 is 5.91 Å². The molecule has 1 aliphatic rings. The first-order valence-corrected chi connectivity index (χ1v) is 7.45. The van der Waals surface area contributed by atoms with Crippen LogP contribution in [-0.4, -0.2) is 19.0 Å². The first-order chi connectivity index (χ1) is 9.52. The Balaban J connectivity index is 2.14. The molecule has 2 rings (SSSR count). The second-order valence-electron chi connectivity index (χ2n) is 5.83. The van der Waals surface area contributed by atoms with Crippen LogP contribution in [0.25, 0.3) is 0 Å². The first-order valence-electron chi connectivity index (χ1n) is 7.45. The maximum Gasteiger partial charge on any atom is 0.248 e. The molecule has 1 saturated carbocycles. The summed E-state index contributed by atoms with van der Waals surface area (Å²) < 4.78 is 0. The van der Waals surface area contributed by atoms with Crippen LogP contribution < -0.4 is 16.4 Å². The largest absolute Gasteiger partial charge is 0.397 e. The third-order valence-corrected chi connectivity index (χ3v) is 4.64. The van der Waals surface area contributed by atoms with E-state index in [0.717, 1.165) is 11.6 Å². The summed E-state index contributed by atoms with van der Waals surface area (Å²) in [6.45, 7) is 2.27. The summed E-state index contributed by atoms with van der Waals surface area (Å²) in [5.41, 5.74) is 13.5. The predicted octanol–water partition coefficient (Wildman–Crippen LogP) is 2.77. The molecular weight excluding hydrogens is 250 g/mol. The fourth-order valence-electron chi connectivity index (χ4n) is 3.14. The SMILES string of the molecule is CCC1CCC(N(C)c2cc(C(N)=O)ccc2N)CC1. The summed E-state index contributed by atoms with van der Waals surface area (Å²) in [4.78, 5) is 13.5. The number of anilines is 2. The number of primary amides is 1. The van der Waals surface area contributed by atoms with Crippen molar-refractivity contribution < 1.29 is 4.79 Å². The van der Waals surface area contributed by atoms with Crippen molar-refractivity contribution in [3.63, 3.8) is 0 Å². The highest BCUT2D eigenvalue weighted by molar-refractivity contribution is 5.95. The maximum absolute atomic E-state index is 11.3. The van der Waals surface area contributed by atoms with Crippen LogP contribution in [0, 0.1) is 5.92 Å². The number of nitrogens with two attached hydrogens (primary N) is 2. The molecule has 0 radical (unpaired) electrons. The molecule has 0 aliphatic heterocycles. The van der Waals surface area contributed by atoms with Gasteiger partial charge >= 0.3 is 0 Å². The van der Waals surface area contributed by atoms with E-state index >= 15 is 0 Å². The molecule has 20 heavy (non-hydrogen) atoms. The van der Waals surface area contributed by atoms with E-state index in [2.05, 4.69) is 18.9 Å². The lowest BCUT2D eigenvalue weighted by Crippen LogP contribution is -2.35. The Kier molecular flexibility index (Phi) is 4.53. The minimum absolute atomic E-state index is 0.408. The number of carbonyl (C=O) groups is 1. The molecule has 0 saturated heterocycles. The van der Waals surface area contributed by atoms with Crippen molar-refractivity contribution in [2.24, 2.45) is 11.7 Å². The fraction of sp³-hybridized carbons (Fsp3) is 0.562. The van der Waals surface area contributed by atoms with E-state index in [4.69, 9.17) is 11.5 Å². The molecule has 110 valence electrons. The molecule has 0 aromatic heterocycles. The van der Waals surface area contributed by atoms with Gasteiger partial charge in [-0.3, -0.25) is 4.79 Å². The quantitative estimate of drug-likeness (QED) is 0.830. The van der Waals surface area contributed by atoms with Crippen LogP contribution in [0.4, 0.5) is 11.4 Å². The van der Waals surface area contributed by atoms with Gasteiger partial charge in [-0.2, -0.15) is 0 Å². The van der Waals surface area contributed by atoms with Crippen molar-refractivity contribution in [1.29, 1.82) is 0 Å². The number of hydrogen-bond acceptors (Lipinski definition) is 3. The Labute approximate surface area is 121 Å². The highest BCUT2D eigenvalue weighted by atomic mass is 16.1. The molecule has 0 heterocycles. The first kappa shape index (κ1) is 14.7. The number of hydrogen-bond donors (Lipinski definition) is 2. The normalized spacial score (nSPS) is 22.5. The summed E-state index contributed by atoms with van der Waals surface area (Å²) in [5, 5.41) is 0. The molecule has 4 N–H and O–H groups in total. The third-order valence-electron chi connectivity index (χ3n) is 4.64. The number of benzene rings is 1. The van der Waals surface area contributed by atoms with Crippen molar-refractivity contribution in [1.82, 2.24) is 0 Å². The lowest BCUT2D eigenvalue weighted by molar-refractivity contribution is 0.100. The molecule has 1 aromatic rings. The summed E-state index contributed by atoms with van der Waals surface area (Å²) >= 11 is 0. The Morgan fingerprint density at radius 2 is 1.95 bits per heavy atom. The second-order valence-corrected chi connectivity index (χ2v) is 5.83. The summed E-state index contributed by atoms with van der Waals surface area (Å²) in [6, 6.07) is 5.76. The van der Waals surface area contributed by atoms with Crippen LogP contribution in [0.5, 0.6) is 0 Å².